The first-order chi connectivity index (χ1) is 10.6. The second-order valence-corrected chi connectivity index (χ2v) is 4.74. The minimum Gasteiger partial charge on any atom is -0.493 e. The first-order valence-corrected chi connectivity index (χ1v) is 6.90. The lowest BCUT2D eigenvalue weighted by Crippen LogP contribution is -2.29. The number of carbonyl (C=O) groups excluding carboxylic acids is 1. The van der Waals surface area contributed by atoms with Crippen molar-refractivity contribution in [3.05, 3.63) is 35.4 Å². The van der Waals surface area contributed by atoms with Crippen LogP contribution >= 0.6 is 0 Å². The lowest BCUT2D eigenvalue weighted by molar-refractivity contribution is -0.0512. The molecule has 0 fully saturated rings. The summed E-state index contributed by atoms with van der Waals surface area (Å²) in [7, 11) is 1.33. The number of methoxy groups -OCH3 is 1. The quantitative estimate of drug-likeness (QED) is 0.788. The second-order valence-electron chi connectivity index (χ2n) is 4.74. The van der Waals surface area contributed by atoms with Crippen LogP contribution < -0.4 is 20.1 Å². The van der Waals surface area contributed by atoms with Crippen LogP contribution in [0.3, 0.4) is 0 Å². The molecule has 1 aromatic rings. The molecule has 1 heterocycles. The number of halogens is 2. The smallest absolute Gasteiger partial charge is 0.387 e. The van der Waals surface area contributed by atoms with Crippen molar-refractivity contribution < 1.29 is 23.0 Å². The standard InChI is InChI=1S/C15H18F2N2O3/c1-21-13-8-11(2-3-12(13)22-15(16)17)14(20)19-9-10-4-6-18-7-5-10/h2-4,8,15,18H,5-7,9H2,1H3,(H,19,20). The number of hydrogen-bond acceptors (Lipinski definition) is 4. The fourth-order valence-electron chi connectivity index (χ4n) is 2.13. The summed E-state index contributed by atoms with van der Waals surface area (Å²) >= 11 is 0. The summed E-state index contributed by atoms with van der Waals surface area (Å²) in [6.45, 7) is -0.771. The number of alkyl halides is 2. The third-order valence-corrected chi connectivity index (χ3v) is 3.28. The molecule has 0 aromatic heterocycles. The average Bonchev–Trinajstić information content (AvgIpc) is 2.53. The highest BCUT2D eigenvalue weighted by Crippen LogP contribution is 2.29. The van der Waals surface area contributed by atoms with Crippen molar-refractivity contribution in [3.8, 4) is 11.5 Å². The molecule has 0 saturated carbocycles. The fourth-order valence-corrected chi connectivity index (χ4v) is 2.13. The molecule has 120 valence electrons. The summed E-state index contributed by atoms with van der Waals surface area (Å²) in [5.74, 6) is -0.300. The van der Waals surface area contributed by atoms with E-state index < -0.39 is 6.61 Å². The molecule has 1 aliphatic rings. The largest absolute Gasteiger partial charge is 0.493 e. The van der Waals surface area contributed by atoms with Gasteiger partial charge >= 0.3 is 6.61 Å². The van der Waals surface area contributed by atoms with Crippen molar-refractivity contribution in [1.82, 2.24) is 10.6 Å². The number of nitrogens with one attached hydrogen (secondary N) is 2. The number of benzene rings is 1. The summed E-state index contributed by atoms with van der Waals surface area (Å²) in [6.07, 6.45) is 2.94. The van der Waals surface area contributed by atoms with Gasteiger partial charge in [0.05, 0.1) is 7.11 Å². The lowest BCUT2D eigenvalue weighted by Gasteiger charge is -2.15. The third-order valence-electron chi connectivity index (χ3n) is 3.28. The third kappa shape index (κ3) is 4.42. The first-order valence-electron chi connectivity index (χ1n) is 6.90. The maximum absolute atomic E-state index is 12.3. The number of rotatable bonds is 6. The number of ether oxygens (including phenoxy) is 2. The Morgan fingerprint density at radius 2 is 2.23 bits per heavy atom. The highest BCUT2D eigenvalue weighted by molar-refractivity contribution is 5.95. The van der Waals surface area contributed by atoms with Gasteiger partial charge in [0.25, 0.3) is 5.91 Å². The van der Waals surface area contributed by atoms with Crippen LogP contribution in [-0.4, -0.2) is 39.3 Å². The molecule has 0 radical (unpaired) electrons. The van der Waals surface area contributed by atoms with Crippen molar-refractivity contribution in [2.24, 2.45) is 0 Å². The number of carbonyl (C=O) groups is 1. The summed E-state index contributed by atoms with van der Waals surface area (Å²) in [6, 6.07) is 4.10. The molecule has 0 atom stereocenters. The highest BCUT2D eigenvalue weighted by atomic mass is 19.3. The maximum atomic E-state index is 12.3. The Morgan fingerprint density at radius 3 is 2.86 bits per heavy atom. The number of hydrogen-bond donors (Lipinski definition) is 2. The van der Waals surface area contributed by atoms with E-state index in [9.17, 15) is 13.6 Å². The molecule has 1 aromatic carbocycles. The van der Waals surface area contributed by atoms with Crippen LogP contribution in [0.2, 0.25) is 0 Å². The Kier molecular flexibility index (Phi) is 5.71. The van der Waals surface area contributed by atoms with E-state index in [4.69, 9.17) is 4.74 Å². The predicted molar refractivity (Wildman–Crippen MR) is 77.5 cm³/mol. The van der Waals surface area contributed by atoms with Gasteiger partial charge in [-0.3, -0.25) is 4.79 Å². The van der Waals surface area contributed by atoms with Gasteiger partial charge in [0, 0.05) is 18.7 Å². The van der Waals surface area contributed by atoms with Gasteiger partial charge in [0.2, 0.25) is 0 Å². The zero-order valence-electron chi connectivity index (χ0n) is 12.2. The molecule has 5 nitrogen and oxygen atoms in total. The molecule has 2 N–H and O–H groups in total. The normalized spacial score (nSPS) is 14.5. The highest BCUT2D eigenvalue weighted by Gasteiger charge is 2.14. The Labute approximate surface area is 127 Å². The van der Waals surface area contributed by atoms with E-state index in [-0.39, 0.29) is 17.4 Å². The van der Waals surface area contributed by atoms with Crippen LogP contribution in [0.1, 0.15) is 16.8 Å². The van der Waals surface area contributed by atoms with Gasteiger partial charge < -0.3 is 20.1 Å². The van der Waals surface area contributed by atoms with Crippen molar-refractivity contribution >= 4 is 5.91 Å². The van der Waals surface area contributed by atoms with Gasteiger partial charge in [0.1, 0.15) is 0 Å². The molecule has 1 amide bonds. The van der Waals surface area contributed by atoms with Gasteiger partial charge in [0.15, 0.2) is 11.5 Å². The molecular formula is C15H18F2N2O3. The molecule has 1 aliphatic heterocycles. The van der Waals surface area contributed by atoms with E-state index in [1.165, 1.54) is 25.3 Å². The summed E-state index contributed by atoms with van der Waals surface area (Å²) in [5, 5.41) is 5.99. The van der Waals surface area contributed by atoms with E-state index in [0.29, 0.717) is 12.1 Å². The van der Waals surface area contributed by atoms with Gasteiger partial charge in [-0.1, -0.05) is 11.6 Å². The molecule has 7 heteroatoms. The van der Waals surface area contributed by atoms with Crippen LogP contribution in [0.15, 0.2) is 29.8 Å². The molecule has 0 saturated heterocycles. The van der Waals surface area contributed by atoms with Crippen molar-refractivity contribution in [3.63, 3.8) is 0 Å². The number of amides is 1. The monoisotopic (exact) mass is 312 g/mol. The Morgan fingerprint density at radius 1 is 1.41 bits per heavy atom. The summed E-state index contributed by atoms with van der Waals surface area (Å²) in [5.41, 5.74) is 1.49. The lowest BCUT2D eigenvalue weighted by atomic mass is 10.1. The molecule has 2 rings (SSSR count). The van der Waals surface area contributed by atoms with Gasteiger partial charge in [-0.05, 0) is 31.2 Å². The minimum atomic E-state index is -2.94. The second kappa shape index (κ2) is 7.74. The van der Waals surface area contributed by atoms with Crippen LogP contribution in [0.25, 0.3) is 0 Å². The van der Waals surface area contributed by atoms with E-state index in [0.717, 1.165) is 25.1 Å². The topological polar surface area (TPSA) is 59.6 Å². The Bertz CT molecular complexity index is 562. The minimum absolute atomic E-state index is 0.0917. The fraction of sp³-hybridized carbons (Fsp3) is 0.400. The first kappa shape index (κ1) is 16.2. The summed E-state index contributed by atoms with van der Waals surface area (Å²) < 4.78 is 33.8. The van der Waals surface area contributed by atoms with E-state index in [1.54, 1.807) is 0 Å². The molecule has 0 bridgehead atoms. The van der Waals surface area contributed by atoms with Gasteiger partial charge in [-0.25, -0.2) is 0 Å². The molecule has 0 unspecified atom stereocenters. The van der Waals surface area contributed by atoms with Crippen LogP contribution in [0, 0.1) is 0 Å². The van der Waals surface area contributed by atoms with Crippen LogP contribution in [-0.2, 0) is 0 Å². The maximum Gasteiger partial charge on any atom is 0.387 e. The van der Waals surface area contributed by atoms with Crippen molar-refractivity contribution in [1.29, 1.82) is 0 Å². The van der Waals surface area contributed by atoms with Crippen molar-refractivity contribution in [2.45, 2.75) is 13.0 Å². The molecule has 0 aliphatic carbocycles. The van der Waals surface area contributed by atoms with E-state index in [2.05, 4.69) is 15.4 Å². The molecular weight excluding hydrogens is 294 g/mol. The van der Waals surface area contributed by atoms with E-state index >= 15 is 0 Å². The average molecular weight is 312 g/mol. The van der Waals surface area contributed by atoms with Crippen molar-refractivity contribution in [2.75, 3.05) is 26.7 Å². The van der Waals surface area contributed by atoms with Crippen LogP contribution in [0.4, 0.5) is 8.78 Å². The zero-order valence-corrected chi connectivity index (χ0v) is 12.2. The Hall–Kier alpha value is -2.15. The predicted octanol–water partition coefficient (Wildman–Crippen LogP) is 1.95. The van der Waals surface area contributed by atoms with Gasteiger partial charge in [-0.2, -0.15) is 8.78 Å². The Balaban J connectivity index is 2.01. The van der Waals surface area contributed by atoms with Gasteiger partial charge in [-0.15, -0.1) is 0 Å². The molecule has 0 spiro atoms. The SMILES string of the molecule is COc1cc(C(=O)NCC2=CCNCC2)ccc1OC(F)F. The van der Waals surface area contributed by atoms with Crippen LogP contribution in [0.5, 0.6) is 11.5 Å². The van der Waals surface area contributed by atoms with E-state index in [1.807, 2.05) is 6.08 Å². The summed E-state index contributed by atoms with van der Waals surface area (Å²) in [4.78, 5) is 12.1. The zero-order chi connectivity index (χ0) is 15.9. The molecule has 22 heavy (non-hydrogen) atoms.